The summed E-state index contributed by atoms with van der Waals surface area (Å²) in [6, 6.07) is 3.31. The smallest absolute Gasteiger partial charge is 0.335 e. The van der Waals surface area contributed by atoms with Crippen LogP contribution in [0.1, 0.15) is 23.2 Å². The van der Waals surface area contributed by atoms with Gasteiger partial charge in [-0.2, -0.15) is 0 Å². The highest BCUT2D eigenvalue weighted by atomic mass is 16.4. The molecule has 0 fully saturated rings. The van der Waals surface area contributed by atoms with E-state index >= 15 is 0 Å². The van der Waals surface area contributed by atoms with Crippen LogP contribution in [-0.4, -0.2) is 32.4 Å². The van der Waals surface area contributed by atoms with E-state index in [1.165, 1.54) is 6.07 Å². The van der Waals surface area contributed by atoms with Crippen LogP contribution >= 0.6 is 0 Å². The fourth-order valence-electron chi connectivity index (χ4n) is 1.43. The molecule has 0 unspecified atom stereocenters. The number of carboxylic acid groups (broad SMARTS) is 2. The molecule has 1 aromatic rings. The lowest BCUT2D eigenvalue weighted by molar-refractivity contribution is -0.132. The van der Waals surface area contributed by atoms with Gasteiger partial charge in [0.2, 0.25) is 0 Å². The summed E-state index contributed by atoms with van der Waals surface area (Å²) in [7, 11) is 0. The van der Waals surface area contributed by atoms with Gasteiger partial charge in [0, 0.05) is 0 Å². The summed E-state index contributed by atoms with van der Waals surface area (Å²) in [5.41, 5.74) is 0.363. The molecular formula is C14H14O6. The number of hydrogen-bond donors (Lipinski definition) is 4. The minimum absolute atomic E-state index is 0.0553. The molecule has 1 aliphatic rings. The van der Waals surface area contributed by atoms with E-state index in [1.807, 2.05) is 6.08 Å². The summed E-state index contributed by atoms with van der Waals surface area (Å²) in [4.78, 5) is 20.5. The lowest BCUT2D eigenvalue weighted by Gasteiger charge is -1.98. The normalized spacial score (nSPS) is 12.9. The van der Waals surface area contributed by atoms with E-state index in [-0.39, 0.29) is 11.3 Å². The van der Waals surface area contributed by atoms with Gasteiger partial charge in [0.15, 0.2) is 11.5 Å². The average Bonchev–Trinajstić information content (AvgIpc) is 2.43. The van der Waals surface area contributed by atoms with Crippen LogP contribution in [0.15, 0.2) is 42.0 Å². The molecule has 0 radical (unpaired) electrons. The fraction of sp³-hybridized carbons (Fsp3) is 0.143. The van der Waals surface area contributed by atoms with Crippen molar-refractivity contribution < 1.29 is 30.0 Å². The second-order valence-corrected chi connectivity index (χ2v) is 3.95. The van der Waals surface area contributed by atoms with Crippen LogP contribution < -0.4 is 0 Å². The monoisotopic (exact) mass is 278 g/mol. The third-order valence-corrected chi connectivity index (χ3v) is 2.46. The maximum Gasteiger partial charge on any atom is 0.335 e. The van der Waals surface area contributed by atoms with E-state index < -0.39 is 17.7 Å². The number of hydrogen-bond acceptors (Lipinski definition) is 4. The fourth-order valence-corrected chi connectivity index (χ4v) is 1.43. The molecule has 1 aliphatic carbocycles. The lowest BCUT2D eigenvalue weighted by Crippen LogP contribution is -1.99. The second kappa shape index (κ2) is 6.98. The Bertz CT molecular complexity index is 571. The first-order chi connectivity index (χ1) is 9.41. The molecule has 106 valence electrons. The minimum atomic E-state index is -1.14. The van der Waals surface area contributed by atoms with Crippen LogP contribution in [0.2, 0.25) is 0 Å². The van der Waals surface area contributed by atoms with Gasteiger partial charge in [-0.3, -0.25) is 0 Å². The Morgan fingerprint density at radius 2 is 1.65 bits per heavy atom. The number of phenolic OH excluding ortho intramolecular Hbond substituents is 2. The van der Waals surface area contributed by atoms with E-state index in [0.29, 0.717) is 5.57 Å². The highest BCUT2D eigenvalue weighted by Crippen LogP contribution is 2.24. The summed E-state index contributed by atoms with van der Waals surface area (Å²) >= 11 is 0. The number of carboxylic acids is 2. The van der Waals surface area contributed by atoms with Crippen LogP contribution in [-0.2, 0) is 4.79 Å². The summed E-state index contributed by atoms with van der Waals surface area (Å²) in [6.45, 7) is 0. The quantitative estimate of drug-likeness (QED) is 0.616. The summed E-state index contributed by atoms with van der Waals surface area (Å²) < 4.78 is 0. The molecule has 0 bridgehead atoms. The van der Waals surface area contributed by atoms with Gasteiger partial charge in [0.1, 0.15) is 0 Å². The number of aliphatic carboxylic acids is 1. The van der Waals surface area contributed by atoms with Crippen molar-refractivity contribution in [1.29, 1.82) is 0 Å². The van der Waals surface area contributed by atoms with Gasteiger partial charge in [-0.05, 0) is 31.0 Å². The van der Waals surface area contributed by atoms with Gasteiger partial charge >= 0.3 is 11.9 Å². The van der Waals surface area contributed by atoms with E-state index in [4.69, 9.17) is 20.4 Å². The number of benzene rings is 1. The first-order valence-electron chi connectivity index (χ1n) is 5.77. The average molecular weight is 278 g/mol. The maximum atomic E-state index is 10.3. The molecule has 0 spiro atoms. The van der Waals surface area contributed by atoms with Gasteiger partial charge in [0.25, 0.3) is 0 Å². The Kier molecular flexibility index (Phi) is 5.34. The molecule has 0 saturated carbocycles. The molecular weight excluding hydrogens is 264 g/mol. The zero-order valence-electron chi connectivity index (χ0n) is 10.5. The molecule has 20 heavy (non-hydrogen) atoms. The molecule has 0 saturated heterocycles. The second-order valence-electron chi connectivity index (χ2n) is 3.95. The van der Waals surface area contributed by atoms with E-state index in [0.717, 1.165) is 25.0 Å². The number of allylic oxidation sites excluding steroid dienone is 2. The topological polar surface area (TPSA) is 115 Å². The van der Waals surface area contributed by atoms with Crippen LogP contribution in [0, 0.1) is 0 Å². The first-order valence-corrected chi connectivity index (χ1v) is 5.77. The zero-order valence-corrected chi connectivity index (χ0v) is 10.5. The van der Waals surface area contributed by atoms with Crippen molar-refractivity contribution in [2.45, 2.75) is 12.8 Å². The number of rotatable bonds is 2. The third-order valence-electron chi connectivity index (χ3n) is 2.46. The number of aromatic hydroxyl groups is 2. The SMILES string of the molecule is O=C(O)C1=CCCC=C1.O=C(O)c1ccc(O)c(O)c1. The molecule has 0 aromatic heterocycles. The van der Waals surface area contributed by atoms with Gasteiger partial charge in [0.05, 0.1) is 11.1 Å². The van der Waals surface area contributed by atoms with Crippen molar-refractivity contribution in [3.63, 3.8) is 0 Å². The van der Waals surface area contributed by atoms with Crippen LogP contribution in [0.25, 0.3) is 0 Å². The van der Waals surface area contributed by atoms with Crippen molar-refractivity contribution in [2.75, 3.05) is 0 Å². The predicted molar refractivity (Wildman–Crippen MR) is 70.8 cm³/mol. The van der Waals surface area contributed by atoms with Crippen molar-refractivity contribution in [3.05, 3.63) is 47.6 Å². The van der Waals surface area contributed by atoms with E-state index in [2.05, 4.69) is 0 Å². The number of aromatic carboxylic acids is 1. The molecule has 4 N–H and O–H groups in total. The van der Waals surface area contributed by atoms with E-state index in [1.54, 1.807) is 12.2 Å². The van der Waals surface area contributed by atoms with Gasteiger partial charge < -0.3 is 20.4 Å². The van der Waals surface area contributed by atoms with Crippen LogP contribution in [0.4, 0.5) is 0 Å². The first kappa shape index (κ1) is 15.3. The molecule has 0 aliphatic heterocycles. The Morgan fingerprint density at radius 1 is 0.950 bits per heavy atom. The van der Waals surface area contributed by atoms with Crippen molar-refractivity contribution in [3.8, 4) is 11.5 Å². The molecule has 0 heterocycles. The van der Waals surface area contributed by atoms with Crippen LogP contribution in [0.5, 0.6) is 11.5 Å². The summed E-state index contributed by atoms with van der Waals surface area (Å²) in [6.07, 6.45) is 7.09. The highest BCUT2D eigenvalue weighted by Gasteiger charge is 2.05. The Hall–Kier alpha value is -2.76. The molecule has 0 amide bonds. The Balaban J connectivity index is 0.000000204. The molecule has 6 heteroatoms. The molecule has 1 aromatic carbocycles. The van der Waals surface area contributed by atoms with Crippen molar-refractivity contribution >= 4 is 11.9 Å². The van der Waals surface area contributed by atoms with Crippen LogP contribution in [0.3, 0.4) is 0 Å². The minimum Gasteiger partial charge on any atom is -0.504 e. The van der Waals surface area contributed by atoms with E-state index in [9.17, 15) is 9.59 Å². The Morgan fingerprint density at radius 3 is 2.05 bits per heavy atom. The standard InChI is InChI=1S/C7H6O4.C7H8O2/c8-5-2-1-4(7(10)11)3-6(5)9;8-7(9)6-4-2-1-3-5-6/h1-3,8-9H,(H,10,11);2,4-5H,1,3H2,(H,8,9). The van der Waals surface area contributed by atoms with Crippen molar-refractivity contribution in [1.82, 2.24) is 0 Å². The molecule has 0 atom stereocenters. The molecule has 2 rings (SSSR count). The summed E-state index contributed by atoms with van der Waals surface area (Å²) in [5.74, 6) is -2.72. The van der Waals surface area contributed by atoms with Gasteiger partial charge in [-0.15, -0.1) is 0 Å². The number of carbonyl (C=O) groups is 2. The summed E-state index contributed by atoms with van der Waals surface area (Å²) in [5, 5.41) is 34.4. The lowest BCUT2D eigenvalue weighted by atomic mass is 10.1. The zero-order chi connectivity index (χ0) is 15.1. The highest BCUT2D eigenvalue weighted by molar-refractivity contribution is 5.90. The Labute approximate surface area is 114 Å². The van der Waals surface area contributed by atoms with Gasteiger partial charge in [-0.1, -0.05) is 18.2 Å². The number of phenols is 2. The third kappa shape index (κ3) is 4.49. The van der Waals surface area contributed by atoms with Crippen molar-refractivity contribution in [2.24, 2.45) is 0 Å². The van der Waals surface area contributed by atoms with Gasteiger partial charge in [-0.25, -0.2) is 9.59 Å². The maximum absolute atomic E-state index is 10.3. The largest absolute Gasteiger partial charge is 0.504 e. The predicted octanol–water partition coefficient (Wildman–Crippen LogP) is 2.14. The molecule has 6 nitrogen and oxygen atoms in total.